The molecule has 1 heterocycles. The van der Waals surface area contributed by atoms with Gasteiger partial charge >= 0.3 is 6.18 Å². The van der Waals surface area contributed by atoms with Gasteiger partial charge < -0.3 is 5.32 Å². The summed E-state index contributed by atoms with van der Waals surface area (Å²) in [6.45, 7) is 1.67. The highest BCUT2D eigenvalue weighted by atomic mass is 79.9. The largest absolute Gasteiger partial charge is 0.408 e. The maximum Gasteiger partial charge on any atom is 0.408 e. The molecular weight excluding hydrogens is 328 g/mol. The molecule has 1 aliphatic rings. The summed E-state index contributed by atoms with van der Waals surface area (Å²) in [6, 6.07) is 1.61. The Kier molecular flexibility index (Phi) is 4.47. The van der Waals surface area contributed by atoms with Crippen molar-refractivity contribution >= 4 is 15.9 Å². The third kappa shape index (κ3) is 3.46. The van der Waals surface area contributed by atoms with Crippen LogP contribution in [-0.4, -0.2) is 37.3 Å². The van der Waals surface area contributed by atoms with Gasteiger partial charge in [0.2, 0.25) is 0 Å². The van der Waals surface area contributed by atoms with E-state index in [1.54, 1.807) is 0 Å². The second kappa shape index (κ2) is 5.76. The highest BCUT2D eigenvalue weighted by molar-refractivity contribution is 9.10. The van der Waals surface area contributed by atoms with Crippen molar-refractivity contribution < 1.29 is 17.6 Å². The fourth-order valence-corrected chi connectivity index (χ4v) is 2.81. The van der Waals surface area contributed by atoms with E-state index < -0.39 is 18.0 Å². The van der Waals surface area contributed by atoms with E-state index >= 15 is 0 Å². The normalized spacial score (nSPS) is 19.4. The quantitative estimate of drug-likeness (QED) is 0.832. The smallest absolute Gasteiger partial charge is 0.314 e. The molecule has 0 amide bonds. The number of hydrogen-bond acceptors (Lipinski definition) is 2. The van der Waals surface area contributed by atoms with E-state index in [1.165, 1.54) is 11.0 Å². The summed E-state index contributed by atoms with van der Waals surface area (Å²) in [6.07, 6.45) is -4.39. The van der Waals surface area contributed by atoms with Crippen LogP contribution in [0.4, 0.5) is 17.6 Å². The standard InChI is InChI=1S/C12H13BrF4N2/c13-10-7-8(14)1-2-9(10)11(12(15,16)17)19-5-3-18-4-6-19/h1-2,7,11,18H,3-6H2/t11-/m1/s1. The first-order valence-corrected chi connectivity index (χ1v) is 6.65. The summed E-state index contributed by atoms with van der Waals surface area (Å²) < 4.78 is 53.0. The van der Waals surface area contributed by atoms with Crippen molar-refractivity contribution in [2.45, 2.75) is 12.2 Å². The van der Waals surface area contributed by atoms with Crippen molar-refractivity contribution in [3.63, 3.8) is 0 Å². The highest BCUT2D eigenvalue weighted by Crippen LogP contribution is 2.40. The van der Waals surface area contributed by atoms with E-state index in [9.17, 15) is 17.6 Å². The van der Waals surface area contributed by atoms with E-state index in [1.807, 2.05) is 0 Å². The number of hydrogen-bond donors (Lipinski definition) is 1. The molecule has 2 rings (SSSR count). The lowest BCUT2D eigenvalue weighted by Crippen LogP contribution is -2.49. The SMILES string of the molecule is Fc1ccc([C@@H](N2CCNCC2)C(F)(F)F)c(Br)c1. The first-order valence-electron chi connectivity index (χ1n) is 5.86. The van der Waals surface area contributed by atoms with Crippen LogP contribution >= 0.6 is 15.9 Å². The number of benzene rings is 1. The van der Waals surface area contributed by atoms with Crippen LogP contribution in [-0.2, 0) is 0 Å². The molecule has 0 aromatic heterocycles. The molecular formula is C12H13BrF4N2. The van der Waals surface area contributed by atoms with Crippen LogP contribution in [0.1, 0.15) is 11.6 Å². The molecule has 106 valence electrons. The monoisotopic (exact) mass is 340 g/mol. The number of nitrogens with zero attached hydrogens (tertiary/aromatic N) is 1. The molecule has 2 nitrogen and oxygen atoms in total. The summed E-state index contributed by atoms with van der Waals surface area (Å²) >= 11 is 3.02. The lowest BCUT2D eigenvalue weighted by atomic mass is 10.0. The summed E-state index contributed by atoms with van der Waals surface area (Å²) in [5.41, 5.74) is 0.0517. The summed E-state index contributed by atoms with van der Waals surface area (Å²) in [5.74, 6) is -0.558. The van der Waals surface area contributed by atoms with Gasteiger partial charge in [-0.15, -0.1) is 0 Å². The zero-order chi connectivity index (χ0) is 14.0. The second-order valence-electron chi connectivity index (χ2n) is 4.40. The lowest BCUT2D eigenvalue weighted by Gasteiger charge is -2.36. The number of rotatable bonds is 2. The Morgan fingerprint density at radius 3 is 2.37 bits per heavy atom. The van der Waals surface area contributed by atoms with Crippen LogP contribution in [0.2, 0.25) is 0 Å². The van der Waals surface area contributed by atoms with E-state index in [0.717, 1.165) is 12.1 Å². The van der Waals surface area contributed by atoms with Crippen LogP contribution in [0.25, 0.3) is 0 Å². The maximum absolute atomic E-state index is 13.3. The number of alkyl halides is 3. The van der Waals surface area contributed by atoms with Gasteiger partial charge in [-0.25, -0.2) is 4.39 Å². The van der Waals surface area contributed by atoms with Gasteiger partial charge in [0, 0.05) is 30.7 Å². The maximum atomic E-state index is 13.3. The molecule has 0 unspecified atom stereocenters. The summed E-state index contributed by atoms with van der Waals surface area (Å²) in [7, 11) is 0. The topological polar surface area (TPSA) is 15.3 Å². The van der Waals surface area contributed by atoms with Crippen LogP contribution < -0.4 is 5.32 Å². The molecule has 1 N–H and O–H groups in total. The fraction of sp³-hybridized carbons (Fsp3) is 0.500. The van der Waals surface area contributed by atoms with Crippen molar-refractivity contribution in [1.29, 1.82) is 0 Å². The molecule has 0 spiro atoms. The average molecular weight is 341 g/mol. The molecule has 1 atom stereocenters. The Bertz CT molecular complexity index is 444. The molecule has 1 aliphatic heterocycles. The summed E-state index contributed by atoms with van der Waals surface area (Å²) in [4.78, 5) is 1.37. The second-order valence-corrected chi connectivity index (χ2v) is 5.25. The van der Waals surface area contributed by atoms with Crippen LogP contribution in [0, 0.1) is 5.82 Å². The van der Waals surface area contributed by atoms with Crippen molar-refractivity contribution in [1.82, 2.24) is 10.2 Å². The molecule has 1 saturated heterocycles. The van der Waals surface area contributed by atoms with Crippen molar-refractivity contribution in [3.8, 4) is 0 Å². The lowest BCUT2D eigenvalue weighted by molar-refractivity contribution is -0.188. The molecule has 0 saturated carbocycles. The third-order valence-corrected chi connectivity index (χ3v) is 3.77. The van der Waals surface area contributed by atoms with Gasteiger partial charge in [-0.05, 0) is 17.7 Å². The van der Waals surface area contributed by atoms with Crippen molar-refractivity contribution in [3.05, 3.63) is 34.1 Å². The Hall–Kier alpha value is -0.660. The van der Waals surface area contributed by atoms with Gasteiger partial charge in [0.05, 0.1) is 0 Å². The predicted molar refractivity (Wildman–Crippen MR) is 67.3 cm³/mol. The fourth-order valence-electron chi connectivity index (χ4n) is 2.24. The molecule has 0 radical (unpaired) electrons. The predicted octanol–water partition coefficient (Wildman–Crippen LogP) is 3.10. The average Bonchev–Trinajstić information content (AvgIpc) is 2.32. The molecule has 1 fully saturated rings. The zero-order valence-corrected chi connectivity index (χ0v) is 11.6. The first-order chi connectivity index (χ1) is 8.89. The Morgan fingerprint density at radius 2 is 1.84 bits per heavy atom. The van der Waals surface area contributed by atoms with E-state index in [-0.39, 0.29) is 10.0 Å². The van der Waals surface area contributed by atoms with E-state index in [0.29, 0.717) is 26.2 Å². The van der Waals surface area contributed by atoms with Gasteiger partial charge in [-0.2, -0.15) is 13.2 Å². The molecule has 19 heavy (non-hydrogen) atoms. The highest BCUT2D eigenvalue weighted by Gasteiger charge is 2.45. The molecule has 0 aliphatic carbocycles. The number of piperazine rings is 1. The van der Waals surface area contributed by atoms with Gasteiger partial charge in [0.15, 0.2) is 0 Å². The van der Waals surface area contributed by atoms with Gasteiger partial charge in [0.1, 0.15) is 11.9 Å². The molecule has 1 aromatic rings. The van der Waals surface area contributed by atoms with E-state index in [2.05, 4.69) is 21.2 Å². The Balaban J connectivity index is 2.36. The summed E-state index contributed by atoms with van der Waals surface area (Å²) in [5, 5.41) is 3.02. The minimum atomic E-state index is -4.39. The van der Waals surface area contributed by atoms with E-state index in [4.69, 9.17) is 0 Å². The van der Waals surface area contributed by atoms with Crippen LogP contribution in [0.5, 0.6) is 0 Å². The Labute approximate surface area is 116 Å². The molecule has 7 heteroatoms. The number of halogens is 5. The Morgan fingerprint density at radius 1 is 1.21 bits per heavy atom. The van der Waals surface area contributed by atoms with Crippen LogP contribution in [0.3, 0.4) is 0 Å². The molecule has 1 aromatic carbocycles. The van der Waals surface area contributed by atoms with Gasteiger partial charge in [0.25, 0.3) is 0 Å². The number of nitrogens with one attached hydrogen (secondary N) is 1. The van der Waals surface area contributed by atoms with Crippen LogP contribution in [0.15, 0.2) is 22.7 Å². The van der Waals surface area contributed by atoms with Crippen molar-refractivity contribution in [2.24, 2.45) is 0 Å². The van der Waals surface area contributed by atoms with Gasteiger partial charge in [-0.3, -0.25) is 4.90 Å². The third-order valence-electron chi connectivity index (χ3n) is 3.08. The van der Waals surface area contributed by atoms with Gasteiger partial charge in [-0.1, -0.05) is 22.0 Å². The van der Waals surface area contributed by atoms with Crippen molar-refractivity contribution in [2.75, 3.05) is 26.2 Å². The first kappa shape index (κ1) is 14.7. The minimum Gasteiger partial charge on any atom is -0.314 e. The minimum absolute atomic E-state index is 0.0517. The zero-order valence-electron chi connectivity index (χ0n) is 9.97. The molecule has 0 bridgehead atoms.